The molecule has 1 aliphatic carbocycles. The summed E-state index contributed by atoms with van der Waals surface area (Å²) in [5.41, 5.74) is 4.29. The minimum atomic E-state index is -0.711. The van der Waals surface area contributed by atoms with Crippen LogP contribution in [0.15, 0.2) is 18.2 Å². The van der Waals surface area contributed by atoms with Gasteiger partial charge in [-0.15, -0.1) is 0 Å². The molecule has 1 N–H and O–H groups in total. The third kappa shape index (κ3) is 3.46. The first kappa shape index (κ1) is 14.7. The van der Waals surface area contributed by atoms with Gasteiger partial charge in [-0.25, -0.2) is 0 Å². The Kier molecular flexibility index (Phi) is 4.80. The number of fused-ring (bicyclic) bond motifs is 1. The summed E-state index contributed by atoms with van der Waals surface area (Å²) in [5.74, 6) is 0.652. The normalized spacial score (nSPS) is 25.1. The Morgan fingerprint density at radius 1 is 1.47 bits per heavy atom. The minimum absolute atomic E-state index is 0.279. The van der Waals surface area contributed by atoms with Gasteiger partial charge in [-0.05, 0) is 43.4 Å². The average molecular weight is 279 g/mol. The Morgan fingerprint density at radius 2 is 2.21 bits per heavy atom. The Balaban J connectivity index is 1.98. The summed E-state index contributed by atoms with van der Waals surface area (Å²) in [6, 6.07) is 7.26. The van der Waals surface area contributed by atoms with E-state index >= 15 is 0 Å². The third-order valence-corrected chi connectivity index (χ3v) is 5.60. The lowest BCUT2D eigenvalue weighted by Crippen LogP contribution is -2.27. The minimum Gasteiger partial charge on any atom is -0.310 e. The van der Waals surface area contributed by atoms with Crippen LogP contribution in [0.4, 0.5) is 0 Å². The van der Waals surface area contributed by atoms with Crippen LogP contribution in [0.5, 0.6) is 0 Å². The first-order valence-corrected chi connectivity index (χ1v) is 8.76. The van der Waals surface area contributed by atoms with Gasteiger partial charge in [0.05, 0.1) is 0 Å². The Bertz CT molecular complexity index is 472. The zero-order valence-electron chi connectivity index (χ0n) is 12.4. The molecule has 0 aromatic heterocycles. The van der Waals surface area contributed by atoms with Crippen molar-refractivity contribution in [3.05, 3.63) is 34.9 Å². The summed E-state index contributed by atoms with van der Waals surface area (Å²) in [5, 5.41) is 3.94. The molecule has 0 bridgehead atoms. The quantitative estimate of drug-likeness (QED) is 0.898. The van der Waals surface area contributed by atoms with Crippen molar-refractivity contribution in [2.75, 3.05) is 12.8 Å². The van der Waals surface area contributed by atoms with Gasteiger partial charge in [0, 0.05) is 28.3 Å². The molecule has 19 heavy (non-hydrogen) atoms. The van der Waals surface area contributed by atoms with E-state index in [0.29, 0.717) is 12.0 Å². The van der Waals surface area contributed by atoms with Gasteiger partial charge in [0.15, 0.2) is 0 Å². The second kappa shape index (κ2) is 6.19. The Labute approximate surface area is 119 Å². The van der Waals surface area contributed by atoms with E-state index in [1.807, 2.05) is 0 Å². The highest BCUT2D eigenvalue weighted by Gasteiger charge is 2.28. The van der Waals surface area contributed by atoms with Crippen LogP contribution in [-0.2, 0) is 17.2 Å². The topological polar surface area (TPSA) is 29.1 Å². The Morgan fingerprint density at radius 3 is 2.89 bits per heavy atom. The SMILES string of the molecule is Cc1ccc2c(c1)[C@H](NCC[C@H](C)[S@@](C)=O)[C@@H](C)C2. The standard InChI is InChI=1S/C16H25NOS/c1-11-5-6-14-10-12(2)16(15(14)9-11)17-8-7-13(3)19(4)18/h5-6,9,12-13,16-17H,7-8,10H2,1-4H3/t12-,13-,16+,19+/m0/s1. The molecule has 1 aromatic rings. The van der Waals surface area contributed by atoms with Gasteiger partial charge in [-0.1, -0.05) is 37.6 Å². The fourth-order valence-electron chi connectivity index (χ4n) is 2.88. The first-order chi connectivity index (χ1) is 8.99. The summed E-state index contributed by atoms with van der Waals surface area (Å²) in [6.07, 6.45) is 3.94. The molecule has 3 heteroatoms. The van der Waals surface area contributed by atoms with Crippen LogP contribution < -0.4 is 5.32 Å². The van der Waals surface area contributed by atoms with E-state index in [-0.39, 0.29) is 5.25 Å². The molecule has 2 rings (SSSR count). The molecule has 4 atom stereocenters. The van der Waals surface area contributed by atoms with E-state index in [1.54, 1.807) is 6.26 Å². The fourth-order valence-corrected chi connectivity index (χ4v) is 3.33. The van der Waals surface area contributed by atoms with Crippen LogP contribution in [0.25, 0.3) is 0 Å². The maximum absolute atomic E-state index is 11.4. The fraction of sp³-hybridized carbons (Fsp3) is 0.625. The van der Waals surface area contributed by atoms with Crippen molar-refractivity contribution in [2.45, 2.75) is 44.9 Å². The molecule has 0 spiro atoms. The van der Waals surface area contributed by atoms with E-state index < -0.39 is 10.8 Å². The number of hydrogen-bond acceptors (Lipinski definition) is 2. The number of rotatable bonds is 5. The van der Waals surface area contributed by atoms with Crippen LogP contribution in [0, 0.1) is 12.8 Å². The van der Waals surface area contributed by atoms with Gasteiger partial charge in [0.25, 0.3) is 0 Å². The lowest BCUT2D eigenvalue weighted by Gasteiger charge is -2.20. The molecule has 0 unspecified atom stereocenters. The van der Waals surface area contributed by atoms with Crippen molar-refractivity contribution in [3.8, 4) is 0 Å². The van der Waals surface area contributed by atoms with Crippen molar-refractivity contribution >= 4 is 10.8 Å². The third-order valence-electron chi connectivity index (χ3n) is 4.23. The predicted octanol–water partition coefficient (Wildman–Crippen LogP) is 2.98. The van der Waals surface area contributed by atoms with Gasteiger partial charge in [0.1, 0.15) is 0 Å². The molecule has 1 aliphatic rings. The zero-order valence-corrected chi connectivity index (χ0v) is 13.2. The van der Waals surface area contributed by atoms with E-state index in [1.165, 1.54) is 23.1 Å². The highest BCUT2D eigenvalue weighted by atomic mass is 32.2. The lowest BCUT2D eigenvalue weighted by molar-refractivity contribution is 0.413. The molecule has 2 nitrogen and oxygen atoms in total. The number of nitrogens with one attached hydrogen (secondary N) is 1. The highest BCUT2D eigenvalue weighted by molar-refractivity contribution is 7.84. The Hall–Kier alpha value is -0.670. The van der Waals surface area contributed by atoms with E-state index in [9.17, 15) is 4.21 Å². The molecule has 0 heterocycles. The summed E-state index contributed by atoms with van der Waals surface area (Å²) in [7, 11) is -0.711. The molecular weight excluding hydrogens is 254 g/mol. The van der Waals surface area contributed by atoms with Crippen LogP contribution >= 0.6 is 0 Å². The summed E-state index contributed by atoms with van der Waals surface area (Å²) in [4.78, 5) is 0. The van der Waals surface area contributed by atoms with Crippen molar-refractivity contribution in [1.82, 2.24) is 5.32 Å². The van der Waals surface area contributed by atoms with E-state index in [2.05, 4.69) is 44.3 Å². The van der Waals surface area contributed by atoms with Crippen molar-refractivity contribution in [3.63, 3.8) is 0 Å². The van der Waals surface area contributed by atoms with Crippen LogP contribution in [-0.4, -0.2) is 22.3 Å². The first-order valence-electron chi connectivity index (χ1n) is 7.14. The lowest BCUT2D eigenvalue weighted by atomic mass is 10.0. The number of benzene rings is 1. The van der Waals surface area contributed by atoms with E-state index in [4.69, 9.17) is 0 Å². The molecular formula is C16H25NOS. The molecule has 0 radical (unpaired) electrons. The van der Waals surface area contributed by atoms with Gasteiger partial charge in [-0.2, -0.15) is 0 Å². The second-order valence-electron chi connectivity index (χ2n) is 5.91. The zero-order chi connectivity index (χ0) is 14.0. The average Bonchev–Trinajstić information content (AvgIpc) is 2.65. The summed E-state index contributed by atoms with van der Waals surface area (Å²) in [6.45, 7) is 7.48. The molecule has 1 aromatic carbocycles. The van der Waals surface area contributed by atoms with Gasteiger partial charge in [-0.3, -0.25) is 4.21 Å². The number of hydrogen-bond donors (Lipinski definition) is 1. The molecule has 0 fully saturated rings. The molecule has 0 saturated heterocycles. The second-order valence-corrected chi connectivity index (χ2v) is 7.72. The molecule has 0 aliphatic heterocycles. The maximum atomic E-state index is 11.4. The van der Waals surface area contributed by atoms with Crippen LogP contribution in [0.1, 0.15) is 43.0 Å². The number of aryl methyl sites for hydroxylation is 1. The smallest absolute Gasteiger partial charge is 0.0352 e. The van der Waals surface area contributed by atoms with Crippen molar-refractivity contribution in [1.29, 1.82) is 0 Å². The summed E-state index contributed by atoms with van der Waals surface area (Å²) >= 11 is 0. The largest absolute Gasteiger partial charge is 0.310 e. The molecule has 0 saturated carbocycles. The maximum Gasteiger partial charge on any atom is 0.0352 e. The van der Waals surface area contributed by atoms with Gasteiger partial charge < -0.3 is 5.32 Å². The monoisotopic (exact) mass is 279 g/mol. The van der Waals surface area contributed by atoms with Gasteiger partial charge >= 0.3 is 0 Å². The highest BCUT2D eigenvalue weighted by Crippen LogP contribution is 2.36. The van der Waals surface area contributed by atoms with E-state index in [0.717, 1.165) is 13.0 Å². The van der Waals surface area contributed by atoms with Gasteiger partial charge in [0.2, 0.25) is 0 Å². The molecule has 0 amide bonds. The summed E-state index contributed by atoms with van der Waals surface area (Å²) < 4.78 is 11.4. The molecule has 106 valence electrons. The van der Waals surface area contributed by atoms with Crippen LogP contribution in [0.2, 0.25) is 0 Å². The van der Waals surface area contributed by atoms with Crippen LogP contribution in [0.3, 0.4) is 0 Å². The van der Waals surface area contributed by atoms with Crippen molar-refractivity contribution < 1.29 is 4.21 Å². The van der Waals surface area contributed by atoms with Crippen molar-refractivity contribution in [2.24, 2.45) is 5.92 Å². The predicted molar refractivity (Wildman–Crippen MR) is 82.9 cm³/mol.